The van der Waals surface area contributed by atoms with E-state index in [0.29, 0.717) is 23.0 Å². The number of benzene rings is 2. The Labute approximate surface area is 210 Å². The van der Waals surface area contributed by atoms with Crippen LogP contribution in [-0.2, 0) is 4.74 Å². The number of ether oxygens (including phenoxy) is 1. The quantitative estimate of drug-likeness (QED) is 0.319. The fraction of sp³-hybridized carbons (Fsp3) is 0.370. The van der Waals surface area contributed by atoms with Gasteiger partial charge in [-0.1, -0.05) is 18.2 Å². The summed E-state index contributed by atoms with van der Waals surface area (Å²) in [6.07, 6.45) is 4.78. The second-order valence-corrected chi connectivity index (χ2v) is 10.0. The molecule has 0 spiro atoms. The van der Waals surface area contributed by atoms with Crippen molar-refractivity contribution in [2.75, 3.05) is 16.4 Å². The van der Waals surface area contributed by atoms with Gasteiger partial charge in [-0.2, -0.15) is 0 Å². The molecule has 1 aromatic heterocycles. The molecular formula is C27H33FN6O2. The fourth-order valence-electron chi connectivity index (χ4n) is 4.21. The highest BCUT2D eigenvalue weighted by Crippen LogP contribution is 2.31. The van der Waals surface area contributed by atoms with Crippen molar-refractivity contribution in [1.82, 2.24) is 15.3 Å². The summed E-state index contributed by atoms with van der Waals surface area (Å²) in [6.45, 7) is 5.56. The number of rotatable bonds is 6. The number of amides is 1. The molecule has 3 aromatic rings. The zero-order valence-corrected chi connectivity index (χ0v) is 20.8. The van der Waals surface area contributed by atoms with Crippen LogP contribution >= 0.6 is 0 Å². The summed E-state index contributed by atoms with van der Waals surface area (Å²) in [7, 11) is 0. The van der Waals surface area contributed by atoms with Gasteiger partial charge in [0.05, 0.1) is 11.4 Å². The SMILES string of the molecule is CC(C)(C)OC(=O)NC1CCC(Nc2nccc(-c3ccccc3Nc3ccc(N)cc3F)n2)CC1. The van der Waals surface area contributed by atoms with Gasteiger partial charge in [0.15, 0.2) is 0 Å². The van der Waals surface area contributed by atoms with Crippen molar-refractivity contribution in [3.63, 3.8) is 0 Å². The molecule has 36 heavy (non-hydrogen) atoms. The van der Waals surface area contributed by atoms with Crippen molar-refractivity contribution in [3.8, 4) is 11.3 Å². The van der Waals surface area contributed by atoms with E-state index in [1.54, 1.807) is 18.3 Å². The molecule has 0 bridgehead atoms. The van der Waals surface area contributed by atoms with Crippen LogP contribution in [0.2, 0.25) is 0 Å². The van der Waals surface area contributed by atoms with E-state index in [1.807, 2.05) is 51.1 Å². The van der Waals surface area contributed by atoms with Gasteiger partial charge >= 0.3 is 6.09 Å². The zero-order chi connectivity index (χ0) is 25.7. The van der Waals surface area contributed by atoms with Crippen molar-refractivity contribution in [3.05, 3.63) is 60.5 Å². The van der Waals surface area contributed by atoms with Gasteiger partial charge in [0.25, 0.3) is 0 Å². The average Bonchev–Trinajstić information content (AvgIpc) is 2.81. The number of para-hydroxylation sites is 1. The van der Waals surface area contributed by atoms with Gasteiger partial charge in [0, 0.05) is 35.2 Å². The number of nitrogens with zero attached hydrogens (tertiary/aromatic N) is 2. The highest BCUT2D eigenvalue weighted by atomic mass is 19.1. The number of carbonyl (C=O) groups is 1. The summed E-state index contributed by atoms with van der Waals surface area (Å²) in [6, 6.07) is 14.3. The Bertz CT molecular complexity index is 1200. The van der Waals surface area contributed by atoms with Gasteiger partial charge in [-0.3, -0.25) is 0 Å². The van der Waals surface area contributed by atoms with Crippen LogP contribution in [-0.4, -0.2) is 33.7 Å². The molecule has 0 aliphatic heterocycles. The first-order valence-electron chi connectivity index (χ1n) is 12.2. The third-order valence-electron chi connectivity index (χ3n) is 5.90. The summed E-state index contributed by atoms with van der Waals surface area (Å²) in [5, 5.41) is 9.54. The summed E-state index contributed by atoms with van der Waals surface area (Å²) in [5.41, 5.74) is 8.12. The number of nitrogen functional groups attached to an aromatic ring is 1. The van der Waals surface area contributed by atoms with E-state index in [-0.39, 0.29) is 18.2 Å². The summed E-state index contributed by atoms with van der Waals surface area (Å²) < 4.78 is 19.7. The standard InChI is InChI=1S/C27H33FN6O2/c1-27(2,3)36-26(35)32-19-11-9-18(10-12-19)31-25-30-15-14-23(34-25)20-6-4-5-7-22(20)33-24-13-8-17(29)16-21(24)28/h4-8,13-16,18-19,33H,9-12,29H2,1-3H3,(H,32,35)(H,30,31,34). The summed E-state index contributed by atoms with van der Waals surface area (Å²) in [4.78, 5) is 21.2. The minimum Gasteiger partial charge on any atom is -0.444 e. The minimum atomic E-state index is -0.511. The van der Waals surface area contributed by atoms with E-state index < -0.39 is 11.4 Å². The molecule has 5 N–H and O–H groups in total. The second-order valence-electron chi connectivity index (χ2n) is 10.0. The first-order valence-corrected chi connectivity index (χ1v) is 12.2. The smallest absolute Gasteiger partial charge is 0.407 e. The Morgan fingerprint density at radius 2 is 1.75 bits per heavy atom. The Morgan fingerprint density at radius 3 is 2.47 bits per heavy atom. The molecule has 0 atom stereocenters. The van der Waals surface area contributed by atoms with E-state index in [2.05, 4.69) is 20.9 Å². The van der Waals surface area contributed by atoms with Crippen LogP contribution < -0.4 is 21.7 Å². The molecule has 0 radical (unpaired) electrons. The van der Waals surface area contributed by atoms with Crippen LogP contribution in [0, 0.1) is 5.82 Å². The molecule has 1 saturated carbocycles. The van der Waals surface area contributed by atoms with Crippen molar-refractivity contribution in [1.29, 1.82) is 0 Å². The van der Waals surface area contributed by atoms with Crippen LogP contribution in [0.3, 0.4) is 0 Å². The first-order chi connectivity index (χ1) is 17.2. The molecule has 1 aliphatic rings. The average molecular weight is 493 g/mol. The third-order valence-corrected chi connectivity index (χ3v) is 5.90. The predicted molar refractivity (Wildman–Crippen MR) is 141 cm³/mol. The van der Waals surface area contributed by atoms with Gasteiger partial charge in [0.2, 0.25) is 5.95 Å². The molecule has 0 unspecified atom stereocenters. The highest BCUT2D eigenvalue weighted by molar-refractivity contribution is 5.79. The second kappa shape index (κ2) is 10.8. The Hall–Kier alpha value is -3.88. The lowest BCUT2D eigenvalue weighted by molar-refractivity contribution is 0.0492. The molecule has 1 amide bonds. The number of anilines is 4. The number of hydrogen-bond donors (Lipinski definition) is 4. The van der Waals surface area contributed by atoms with Gasteiger partial charge in [-0.05, 0) is 76.8 Å². The van der Waals surface area contributed by atoms with Crippen molar-refractivity contribution in [2.24, 2.45) is 0 Å². The highest BCUT2D eigenvalue weighted by Gasteiger charge is 2.25. The normalized spacial score (nSPS) is 17.8. The van der Waals surface area contributed by atoms with Gasteiger partial charge in [-0.15, -0.1) is 0 Å². The number of halogens is 1. The van der Waals surface area contributed by atoms with Crippen LogP contribution in [0.1, 0.15) is 46.5 Å². The lowest BCUT2D eigenvalue weighted by atomic mass is 9.91. The monoisotopic (exact) mass is 492 g/mol. The lowest BCUT2D eigenvalue weighted by Crippen LogP contribution is -2.42. The molecule has 190 valence electrons. The molecule has 1 heterocycles. The maximum Gasteiger partial charge on any atom is 0.407 e. The molecule has 1 fully saturated rings. The number of alkyl carbamates (subject to hydrolysis) is 1. The Balaban J connectivity index is 1.39. The molecule has 1 aliphatic carbocycles. The topological polar surface area (TPSA) is 114 Å². The maximum atomic E-state index is 14.4. The number of aromatic nitrogens is 2. The fourth-order valence-corrected chi connectivity index (χ4v) is 4.21. The van der Waals surface area contributed by atoms with Crippen molar-refractivity contribution >= 4 is 29.1 Å². The first kappa shape index (κ1) is 25.2. The maximum absolute atomic E-state index is 14.4. The molecular weight excluding hydrogens is 459 g/mol. The number of carbonyl (C=O) groups excluding carboxylic acids is 1. The summed E-state index contributed by atoms with van der Waals surface area (Å²) >= 11 is 0. The molecule has 2 aromatic carbocycles. The van der Waals surface area contributed by atoms with E-state index >= 15 is 0 Å². The molecule has 9 heteroatoms. The van der Waals surface area contributed by atoms with Crippen LogP contribution in [0.15, 0.2) is 54.7 Å². The third kappa shape index (κ3) is 6.84. The largest absolute Gasteiger partial charge is 0.444 e. The zero-order valence-electron chi connectivity index (χ0n) is 20.8. The van der Waals surface area contributed by atoms with Crippen LogP contribution in [0.4, 0.5) is 32.2 Å². The van der Waals surface area contributed by atoms with Gasteiger partial charge in [-0.25, -0.2) is 19.2 Å². The molecule has 0 saturated heterocycles. The van der Waals surface area contributed by atoms with Crippen molar-refractivity contribution < 1.29 is 13.9 Å². The predicted octanol–water partition coefficient (Wildman–Crippen LogP) is 5.86. The van der Waals surface area contributed by atoms with Gasteiger partial charge < -0.3 is 26.4 Å². The van der Waals surface area contributed by atoms with E-state index in [1.165, 1.54) is 6.07 Å². The minimum absolute atomic E-state index is 0.0943. The van der Waals surface area contributed by atoms with Crippen molar-refractivity contribution in [2.45, 2.75) is 64.1 Å². The number of nitrogens with one attached hydrogen (secondary N) is 3. The Morgan fingerprint density at radius 1 is 1.03 bits per heavy atom. The molecule has 8 nitrogen and oxygen atoms in total. The van der Waals surface area contributed by atoms with E-state index in [0.717, 1.165) is 36.9 Å². The van der Waals surface area contributed by atoms with Crippen LogP contribution in [0.5, 0.6) is 0 Å². The van der Waals surface area contributed by atoms with E-state index in [4.69, 9.17) is 15.5 Å². The number of nitrogens with two attached hydrogens (primary N) is 1. The number of hydrogen-bond acceptors (Lipinski definition) is 7. The van der Waals surface area contributed by atoms with Crippen LogP contribution in [0.25, 0.3) is 11.3 Å². The van der Waals surface area contributed by atoms with Gasteiger partial charge in [0.1, 0.15) is 11.4 Å². The molecule has 4 rings (SSSR count). The summed E-state index contributed by atoms with van der Waals surface area (Å²) in [5.74, 6) is 0.108. The Kier molecular flexibility index (Phi) is 7.57. The lowest BCUT2D eigenvalue weighted by Gasteiger charge is -2.30. The van der Waals surface area contributed by atoms with E-state index in [9.17, 15) is 9.18 Å².